The number of amides is 1. The molecular weight excluding hydrogens is 376 g/mol. The largest absolute Gasteiger partial charge is 0.495 e. The van der Waals surface area contributed by atoms with Gasteiger partial charge >= 0.3 is 0 Å². The van der Waals surface area contributed by atoms with Gasteiger partial charge in [0.2, 0.25) is 15.9 Å². The first-order valence-corrected chi connectivity index (χ1v) is 10.1. The lowest BCUT2D eigenvalue weighted by molar-refractivity contribution is -0.122. The van der Waals surface area contributed by atoms with Crippen molar-refractivity contribution < 1.29 is 17.9 Å². The van der Waals surface area contributed by atoms with Gasteiger partial charge in [-0.1, -0.05) is 41.9 Å². The van der Waals surface area contributed by atoms with Crippen LogP contribution in [-0.2, 0) is 21.4 Å². The predicted octanol–water partition coefficient (Wildman–Crippen LogP) is 2.82. The minimum atomic E-state index is -3.76. The quantitative estimate of drug-likeness (QED) is 0.780. The van der Waals surface area contributed by atoms with E-state index in [1.165, 1.54) is 20.1 Å². The molecule has 0 radical (unpaired) electrons. The molecule has 0 fully saturated rings. The summed E-state index contributed by atoms with van der Waals surface area (Å²) in [6.45, 7) is 1.82. The third-order valence-corrected chi connectivity index (χ3v) is 5.24. The highest BCUT2D eigenvalue weighted by Crippen LogP contribution is 2.34. The smallest absolute Gasteiger partial charge is 0.243 e. The summed E-state index contributed by atoms with van der Waals surface area (Å²) in [5.41, 5.74) is 1.13. The van der Waals surface area contributed by atoms with Gasteiger partial charge < -0.3 is 10.1 Å². The van der Waals surface area contributed by atoms with Gasteiger partial charge in [0.15, 0.2) is 0 Å². The van der Waals surface area contributed by atoms with E-state index in [-0.39, 0.29) is 5.69 Å². The molecule has 0 bridgehead atoms. The molecule has 1 amide bonds. The SMILES string of the molecule is COc1ccc(Cl)cc1N([C@@H](C)C(=O)NCc1ccccc1)S(C)(=O)=O. The fraction of sp³-hybridized carbons (Fsp3) is 0.278. The van der Waals surface area contributed by atoms with E-state index in [1.54, 1.807) is 12.1 Å². The number of carbonyl (C=O) groups is 1. The van der Waals surface area contributed by atoms with Crippen LogP contribution >= 0.6 is 11.6 Å². The van der Waals surface area contributed by atoms with Crippen molar-refractivity contribution in [3.05, 3.63) is 59.1 Å². The zero-order valence-electron chi connectivity index (χ0n) is 14.8. The Labute approximate surface area is 158 Å². The molecule has 0 aliphatic rings. The molecule has 0 aliphatic carbocycles. The Morgan fingerprint density at radius 3 is 2.46 bits per heavy atom. The van der Waals surface area contributed by atoms with Crippen LogP contribution in [0.1, 0.15) is 12.5 Å². The third-order valence-electron chi connectivity index (χ3n) is 3.78. The molecular formula is C18H21ClN2O4S. The molecule has 0 aliphatic heterocycles. The molecule has 1 N–H and O–H groups in total. The summed E-state index contributed by atoms with van der Waals surface area (Å²) in [5.74, 6) is -0.121. The van der Waals surface area contributed by atoms with E-state index < -0.39 is 22.0 Å². The molecule has 0 unspecified atom stereocenters. The van der Waals surface area contributed by atoms with Gasteiger partial charge in [0, 0.05) is 11.6 Å². The van der Waals surface area contributed by atoms with Gasteiger partial charge in [0.25, 0.3) is 0 Å². The maximum atomic E-state index is 12.6. The van der Waals surface area contributed by atoms with Crippen molar-refractivity contribution in [1.29, 1.82) is 0 Å². The molecule has 1 atom stereocenters. The Hall–Kier alpha value is -2.25. The Morgan fingerprint density at radius 2 is 1.88 bits per heavy atom. The number of methoxy groups -OCH3 is 1. The van der Waals surface area contributed by atoms with Crippen LogP contribution in [0.25, 0.3) is 0 Å². The molecule has 0 spiro atoms. The molecule has 8 heteroatoms. The number of nitrogens with one attached hydrogen (secondary N) is 1. The van der Waals surface area contributed by atoms with Gasteiger partial charge in [0.05, 0.1) is 19.1 Å². The number of anilines is 1. The number of ether oxygens (including phenoxy) is 1. The van der Waals surface area contributed by atoms with Crippen molar-refractivity contribution in [1.82, 2.24) is 5.32 Å². The molecule has 0 saturated heterocycles. The van der Waals surface area contributed by atoms with Crippen LogP contribution in [0, 0.1) is 0 Å². The van der Waals surface area contributed by atoms with Crippen molar-refractivity contribution in [3.63, 3.8) is 0 Å². The molecule has 0 heterocycles. The van der Waals surface area contributed by atoms with Crippen molar-refractivity contribution in [2.75, 3.05) is 17.7 Å². The zero-order chi connectivity index (χ0) is 19.3. The first-order chi connectivity index (χ1) is 12.2. The van der Waals surface area contributed by atoms with Crippen LogP contribution in [-0.4, -0.2) is 33.7 Å². The van der Waals surface area contributed by atoms with E-state index in [1.807, 2.05) is 30.3 Å². The van der Waals surface area contributed by atoms with Crippen molar-refractivity contribution in [2.24, 2.45) is 0 Å². The average molecular weight is 397 g/mol. The average Bonchev–Trinajstić information content (AvgIpc) is 2.59. The van der Waals surface area contributed by atoms with Crippen molar-refractivity contribution in [2.45, 2.75) is 19.5 Å². The normalized spacial score (nSPS) is 12.3. The first-order valence-electron chi connectivity index (χ1n) is 7.88. The summed E-state index contributed by atoms with van der Waals surface area (Å²) in [6.07, 6.45) is 1.04. The topological polar surface area (TPSA) is 75.7 Å². The van der Waals surface area contributed by atoms with Gasteiger partial charge in [-0.2, -0.15) is 0 Å². The van der Waals surface area contributed by atoms with E-state index in [9.17, 15) is 13.2 Å². The van der Waals surface area contributed by atoms with E-state index in [0.717, 1.165) is 16.1 Å². The number of carbonyl (C=O) groups excluding carboxylic acids is 1. The summed E-state index contributed by atoms with van der Waals surface area (Å²) in [6, 6.07) is 13.0. The Balaban J connectivity index is 2.29. The maximum absolute atomic E-state index is 12.6. The monoisotopic (exact) mass is 396 g/mol. The molecule has 2 aromatic carbocycles. The first kappa shape index (κ1) is 20.1. The van der Waals surface area contributed by atoms with Gasteiger partial charge in [-0.25, -0.2) is 8.42 Å². The highest BCUT2D eigenvalue weighted by atomic mass is 35.5. The summed E-state index contributed by atoms with van der Waals surface area (Å²) in [5, 5.41) is 3.09. The molecule has 2 rings (SSSR count). The fourth-order valence-electron chi connectivity index (χ4n) is 2.55. The van der Waals surface area contributed by atoms with E-state index >= 15 is 0 Å². The minimum Gasteiger partial charge on any atom is -0.495 e. The molecule has 2 aromatic rings. The number of nitrogens with zero attached hydrogens (tertiary/aromatic N) is 1. The predicted molar refractivity (Wildman–Crippen MR) is 103 cm³/mol. The van der Waals surface area contributed by atoms with Crippen LogP contribution in [0.2, 0.25) is 5.02 Å². The highest BCUT2D eigenvalue weighted by Gasteiger charge is 2.31. The third kappa shape index (κ3) is 4.89. The van der Waals surface area contributed by atoms with Crippen LogP contribution in [0.4, 0.5) is 5.69 Å². The Morgan fingerprint density at radius 1 is 1.23 bits per heavy atom. The van der Waals surface area contributed by atoms with Crippen molar-refractivity contribution in [3.8, 4) is 5.75 Å². The van der Waals surface area contributed by atoms with Crippen LogP contribution < -0.4 is 14.4 Å². The van der Waals surface area contributed by atoms with Crippen LogP contribution in [0.3, 0.4) is 0 Å². The zero-order valence-corrected chi connectivity index (χ0v) is 16.3. The number of hydrogen-bond donors (Lipinski definition) is 1. The maximum Gasteiger partial charge on any atom is 0.243 e. The number of hydrogen-bond acceptors (Lipinski definition) is 4. The minimum absolute atomic E-state index is 0.213. The Kier molecular flexibility index (Phi) is 6.50. The Bertz CT molecular complexity index is 872. The highest BCUT2D eigenvalue weighted by molar-refractivity contribution is 7.92. The fourth-order valence-corrected chi connectivity index (χ4v) is 3.89. The van der Waals surface area contributed by atoms with Gasteiger partial charge in [0.1, 0.15) is 11.8 Å². The van der Waals surface area contributed by atoms with Crippen molar-refractivity contribution >= 4 is 33.2 Å². The second-order valence-electron chi connectivity index (χ2n) is 5.75. The summed E-state index contributed by atoms with van der Waals surface area (Å²) in [7, 11) is -2.34. The lowest BCUT2D eigenvalue weighted by atomic mass is 10.2. The lowest BCUT2D eigenvalue weighted by Gasteiger charge is -2.29. The van der Waals surface area contributed by atoms with E-state index in [4.69, 9.17) is 16.3 Å². The van der Waals surface area contributed by atoms with E-state index in [2.05, 4.69) is 5.32 Å². The second kappa shape index (κ2) is 8.42. The van der Waals surface area contributed by atoms with Crippen LogP contribution in [0.15, 0.2) is 48.5 Å². The lowest BCUT2D eigenvalue weighted by Crippen LogP contribution is -2.47. The number of sulfonamides is 1. The van der Waals surface area contributed by atoms with Gasteiger partial charge in [-0.15, -0.1) is 0 Å². The molecule has 140 valence electrons. The number of halogens is 1. The summed E-state index contributed by atoms with van der Waals surface area (Å²) in [4.78, 5) is 12.6. The standard InChI is InChI=1S/C18H21ClN2O4S/c1-13(18(22)20-12-14-7-5-4-6-8-14)21(26(3,23)24)16-11-15(19)9-10-17(16)25-2/h4-11,13H,12H2,1-3H3,(H,20,22)/t13-/m0/s1. The molecule has 0 aromatic heterocycles. The molecule has 6 nitrogen and oxygen atoms in total. The summed E-state index contributed by atoms with van der Waals surface area (Å²) < 4.78 is 31.0. The van der Waals surface area contributed by atoms with Gasteiger partial charge in [-0.3, -0.25) is 9.10 Å². The van der Waals surface area contributed by atoms with E-state index in [0.29, 0.717) is 17.3 Å². The summed E-state index contributed by atoms with van der Waals surface area (Å²) >= 11 is 6.02. The molecule has 0 saturated carbocycles. The number of rotatable bonds is 7. The van der Waals surface area contributed by atoms with Gasteiger partial charge in [-0.05, 0) is 30.7 Å². The molecule has 26 heavy (non-hydrogen) atoms. The number of benzene rings is 2. The van der Waals surface area contributed by atoms with Crippen LogP contribution in [0.5, 0.6) is 5.75 Å². The second-order valence-corrected chi connectivity index (χ2v) is 8.05.